The van der Waals surface area contributed by atoms with Gasteiger partial charge in [-0.2, -0.15) is 17.8 Å². The number of fused-ring (bicyclic) bond motifs is 7. The van der Waals surface area contributed by atoms with E-state index in [1.165, 1.54) is 16.3 Å². The monoisotopic (exact) mass is 738 g/mol. The highest BCUT2D eigenvalue weighted by Crippen LogP contribution is 2.48. The van der Waals surface area contributed by atoms with Gasteiger partial charge in [-0.3, -0.25) is 14.3 Å². The number of nitrogens with zero attached hydrogens (tertiary/aromatic N) is 5. The number of benzene rings is 2. The number of methoxy groups -OCH3 is 1. The minimum Gasteiger partial charge on any atom is -0.497 e. The summed E-state index contributed by atoms with van der Waals surface area (Å²) in [6.45, 7) is 1.37. The quantitative estimate of drug-likeness (QED) is 0.257. The van der Waals surface area contributed by atoms with Crippen LogP contribution in [0.25, 0.3) is 33.8 Å². The van der Waals surface area contributed by atoms with Gasteiger partial charge in [-0.05, 0) is 97.6 Å². The van der Waals surface area contributed by atoms with E-state index in [1.807, 2.05) is 29.9 Å². The highest BCUT2D eigenvalue weighted by Gasteiger charge is 2.43. The molecule has 2 bridgehead atoms. The number of carbonyl (C=O) groups excluding carboxylic acids is 2. The van der Waals surface area contributed by atoms with Gasteiger partial charge in [0, 0.05) is 54.3 Å². The van der Waals surface area contributed by atoms with Crippen molar-refractivity contribution in [3.8, 4) is 17.0 Å². The lowest BCUT2D eigenvalue weighted by atomic mass is 9.81. The largest absolute Gasteiger partial charge is 0.497 e. The first kappa shape index (κ1) is 34.3. The Morgan fingerprint density at radius 2 is 1.66 bits per heavy atom. The molecule has 3 saturated heterocycles. The molecule has 1 aliphatic carbocycles. The number of rotatable bonds is 7. The minimum absolute atomic E-state index is 0.0371. The fraction of sp³-hybridized carbons (Fsp3) is 0.475. The van der Waals surface area contributed by atoms with Gasteiger partial charge in [0.25, 0.3) is 11.8 Å². The highest BCUT2D eigenvalue weighted by molar-refractivity contribution is 7.87. The standard InChI is InChI=1S/C40H46N6O6S/c1-43-37(34(23-41-43)40(48)46-29-9-10-30(46)12-11-29)28-20-27-21-31(51-2)13-15-32(27)38-36(25-6-4-3-5-7-25)33-14-8-26(22-35(33)45(38)24-28)39(47)42-53(49,50)44-16-18-52-19-17-44/h8,13-15,20-23,25,29-30H,3-7,9-12,16-19,24H2,1-2H3,(H,42,47). The van der Waals surface area contributed by atoms with Crippen LogP contribution in [0, 0.1) is 0 Å². The number of nitrogens with one attached hydrogen (secondary N) is 1. The van der Waals surface area contributed by atoms with E-state index in [0.717, 1.165) is 96.1 Å². The summed E-state index contributed by atoms with van der Waals surface area (Å²) < 4.78 is 45.1. The molecule has 13 heteroatoms. The predicted octanol–water partition coefficient (Wildman–Crippen LogP) is 5.73. The Hall–Kier alpha value is -4.46. The number of aromatic nitrogens is 3. The van der Waals surface area contributed by atoms with Gasteiger partial charge in [0.2, 0.25) is 0 Å². The molecule has 278 valence electrons. The van der Waals surface area contributed by atoms with Gasteiger partial charge in [-0.1, -0.05) is 25.3 Å². The first-order valence-corrected chi connectivity index (χ1v) is 20.5. The molecule has 0 atom stereocenters. The van der Waals surface area contributed by atoms with Crippen molar-refractivity contribution in [1.29, 1.82) is 0 Å². The molecule has 1 N–H and O–H groups in total. The van der Waals surface area contributed by atoms with E-state index < -0.39 is 16.1 Å². The van der Waals surface area contributed by atoms with Crippen molar-refractivity contribution in [2.24, 2.45) is 7.05 Å². The van der Waals surface area contributed by atoms with Crippen molar-refractivity contribution < 1.29 is 27.5 Å². The molecular formula is C40H46N6O6S. The maximum atomic E-state index is 14.3. The van der Waals surface area contributed by atoms with Gasteiger partial charge in [-0.15, -0.1) is 0 Å². The number of morpholine rings is 1. The molecule has 0 spiro atoms. The third-order valence-electron chi connectivity index (χ3n) is 12.2. The van der Waals surface area contributed by atoms with Crippen LogP contribution < -0.4 is 9.46 Å². The van der Waals surface area contributed by atoms with Crippen LogP contribution in [0.15, 0.2) is 42.6 Å². The lowest BCUT2D eigenvalue weighted by molar-refractivity contribution is 0.0719. The summed E-state index contributed by atoms with van der Waals surface area (Å²) in [5.74, 6) is 0.413. The smallest absolute Gasteiger partial charge is 0.304 e. The second-order valence-electron chi connectivity index (χ2n) is 15.2. The Morgan fingerprint density at radius 1 is 0.925 bits per heavy atom. The first-order chi connectivity index (χ1) is 25.7. The maximum absolute atomic E-state index is 14.3. The van der Waals surface area contributed by atoms with E-state index in [-0.39, 0.29) is 49.9 Å². The predicted molar refractivity (Wildman–Crippen MR) is 202 cm³/mol. The van der Waals surface area contributed by atoms with Gasteiger partial charge >= 0.3 is 10.2 Å². The third-order valence-corrected chi connectivity index (χ3v) is 13.7. The number of ether oxygens (including phenoxy) is 2. The van der Waals surface area contributed by atoms with Crippen LogP contribution >= 0.6 is 0 Å². The van der Waals surface area contributed by atoms with E-state index in [2.05, 4.69) is 37.5 Å². The van der Waals surface area contributed by atoms with E-state index in [4.69, 9.17) is 9.47 Å². The summed E-state index contributed by atoms with van der Waals surface area (Å²) >= 11 is 0. The zero-order chi connectivity index (χ0) is 36.4. The molecule has 4 fully saturated rings. The van der Waals surface area contributed by atoms with Crippen molar-refractivity contribution in [2.45, 2.75) is 82.3 Å². The fourth-order valence-electron chi connectivity index (χ4n) is 9.71. The summed E-state index contributed by atoms with van der Waals surface area (Å²) in [5, 5.41) is 5.71. The molecule has 5 aliphatic rings. The SMILES string of the molecule is COc1ccc2c(c1)C=C(c1c(C(=O)N3C4CCC3CC4)cnn1C)Cn1c-2c(C2CCCCC2)c2ccc(C(=O)NS(=O)(=O)N3CCOCC3)cc21. The molecule has 9 rings (SSSR count). The van der Waals surface area contributed by atoms with Crippen LogP contribution in [0.4, 0.5) is 0 Å². The fourth-order valence-corrected chi connectivity index (χ4v) is 10.8. The molecule has 2 aromatic carbocycles. The average Bonchev–Trinajstić information content (AvgIpc) is 3.94. The number of amides is 2. The maximum Gasteiger partial charge on any atom is 0.304 e. The van der Waals surface area contributed by atoms with Crippen molar-refractivity contribution in [1.82, 2.24) is 28.3 Å². The number of aryl methyl sites for hydroxylation is 1. The molecule has 53 heavy (non-hydrogen) atoms. The van der Waals surface area contributed by atoms with Crippen LogP contribution in [0.1, 0.15) is 101 Å². The van der Waals surface area contributed by atoms with Crippen LogP contribution in [0.3, 0.4) is 0 Å². The van der Waals surface area contributed by atoms with Gasteiger partial charge in [0.1, 0.15) is 5.75 Å². The van der Waals surface area contributed by atoms with Crippen molar-refractivity contribution in [3.05, 3.63) is 70.5 Å². The highest BCUT2D eigenvalue weighted by atomic mass is 32.2. The van der Waals surface area contributed by atoms with Gasteiger partial charge < -0.3 is 18.9 Å². The topological polar surface area (TPSA) is 128 Å². The van der Waals surface area contributed by atoms with Gasteiger partial charge in [-0.25, -0.2) is 4.72 Å². The summed E-state index contributed by atoms with van der Waals surface area (Å²) in [7, 11) is -0.493. The van der Waals surface area contributed by atoms with Crippen LogP contribution in [-0.4, -0.2) is 89.3 Å². The Bertz CT molecular complexity index is 2240. The first-order valence-electron chi connectivity index (χ1n) is 19.0. The van der Waals surface area contributed by atoms with Crippen molar-refractivity contribution in [2.75, 3.05) is 33.4 Å². The second kappa shape index (κ2) is 13.4. The Morgan fingerprint density at radius 3 is 2.38 bits per heavy atom. The Kier molecular flexibility index (Phi) is 8.70. The van der Waals surface area contributed by atoms with Crippen molar-refractivity contribution >= 4 is 44.6 Å². The molecule has 2 aromatic heterocycles. The minimum atomic E-state index is -4.05. The number of allylic oxidation sites excluding steroid dienone is 1. The van der Waals surface area contributed by atoms with Crippen LogP contribution in [-0.2, 0) is 28.5 Å². The molecule has 12 nitrogen and oxygen atoms in total. The third kappa shape index (κ3) is 5.88. The summed E-state index contributed by atoms with van der Waals surface area (Å²) in [4.78, 5) is 30.2. The average molecular weight is 739 g/mol. The zero-order valence-corrected chi connectivity index (χ0v) is 31.2. The Balaban J connectivity index is 1.20. The normalized spacial score (nSPS) is 22.0. The molecular weight excluding hydrogens is 693 g/mol. The summed E-state index contributed by atoms with van der Waals surface area (Å²) in [6, 6.07) is 12.3. The summed E-state index contributed by atoms with van der Waals surface area (Å²) in [5.41, 5.74) is 7.77. The van der Waals surface area contributed by atoms with Crippen LogP contribution in [0.5, 0.6) is 5.75 Å². The Labute approximate surface area is 309 Å². The molecule has 2 amide bonds. The number of hydrogen-bond donors (Lipinski definition) is 1. The molecule has 6 heterocycles. The van der Waals surface area contributed by atoms with Crippen molar-refractivity contribution in [3.63, 3.8) is 0 Å². The molecule has 4 aromatic rings. The number of carbonyl (C=O) groups is 2. The van der Waals surface area contributed by atoms with E-state index in [0.29, 0.717) is 18.0 Å². The van der Waals surface area contributed by atoms with Crippen LogP contribution in [0.2, 0.25) is 0 Å². The lowest BCUT2D eigenvalue weighted by Gasteiger charge is -2.25. The van der Waals surface area contributed by atoms with E-state index in [1.54, 1.807) is 19.4 Å². The summed E-state index contributed by atoms with van der Waals surface area (Å²) in [6.07, 6.45) is 13.7. The van der Waals surface area contributed by atoms with E-state index in [9.17, 15) is 18.0 Å². The second-order valence-corrected chi connectivity index (χ2v) is 16.9. The molecule has 4 aliphatic heterocycles. The number of hydrogen-bond acceptors (Lipinski definition) is 7. The van der Waals surface area contributed by atoms with E-state index >= 15 is 0 Å². The molecule has 1 saturated carbocycles. The molecule has 0 radical (unpaired) electrons. The van der Waals surface area contributed by atoms with Gasteiger partial charge in [0.15, 0.2) is 0 Å². The lowest BCUT2D eigenvalue weighted by Crippen LogP contribution is -2.48. The zero-order valence-electron chi connectivity index (χ0n) is 30.3. The molecule has 0 unspecified atom stereocenters. The van der Waals surface area contributed by atoms with Gasteiger partial charge in [0.05, 0.1) is 50.0 Å².